The van der Waals surface area contributed by atoms with Gasteiger partial charge >= 0.3 is 0 Å². The molecule has 13 aromatic carbocycles. The molecule has 0 radical (unpaired) electrons. The van der Waals surface area contributed by atoms with E-state index in [1.807, 2.05) is 0 Å². The highest BCUT2D eigenvalue weighted by molar-refractivity contribution is 6.91. The second-order valence-electron chi connectivity index (χ2n) is 36.6. The summed E-state index contributed by atoms with van der Waals surface area (Å²) in [7, 11) is -2.78. The van der Waals surface area contributed by atoms with Crippen LogP contribution in [0.4, 0.5) is 0 Å². The maximum atomic E-state index is 5.87. The van der Waals surface area contributed by atoms with E-state index in [1.165, 1.54) is 237 Å². The lowest BCUT2D eigenvalue weighted by atomic mass is 9.92. The van der Waals surface area contributed by atoms with E-state index in [1.54, 1.807) is 10.5 Å². The minimum Gasteiger partial charge on any atom is -0.485 e. The molecule has 0 fully saturated rings. The maximum absolute atomic E-state index is 5.87. The molecule has 0 unspecified atom stereocenters. The highest BCUT2D eigenvalue weighted by Gasteiger charge is 2.35. The number of rotatable bonds is 1. The predicted molar refractivity (Wildman–Crippen MR) is 534 cm³/mol. The molecule has 11 heteroatoms. The van der Waals surface area contributed by atoms with Crippen LogP contribution in [0.2, 0.25) is 26.2 Å². The van der Waals surface area contributed by atoms with Gasteiger partial charge in [-0.2, -0.15) is 0 Å². The summed E-state index contributed by atoms with van der Waals surface area (Å²) in [5.41, 5.74) is 30.5. The van der Waals surface area contributed by atoms with Crippen molar-refractivity contribution in [1.29, 1.82) is 0 Å². The topological polar surface area (TPSA) is 57.8 Å². The number of aryl methyl sites for hydroxylation is 4. The van der Waals surface area contributed by atoms with E-state index < -0.39 is 16.1 Å². The molecule has 0 N–H and O–H groups in total. The van der Waals surface area contributed by atoms with E-state index in [-0.39, 0.29) is 0 Å². The number of imidazole rings is 1. The highest BCUT2D eigenvalue weighted by atomic mass is 28.3. The Balaban J connectivity index is 0.0000000808. The summed E-state index contributed by atoms with van der Waals surface area (Å²) >= 11 is 0. The Morgan fingerprint density at radius 3 is 1.42 bits per heavy atom. The van der Waals surface area contributed by atoms with E-state index in [0.29, 0.717) is 13.2 Å². The molecule has 26 aromatic rings. The summed E-state index contributed by atoms with van der Waals surface area (Å²) in [5.74, 6) is 1.93. The second kappa shape index (κ2) is 27.4. The second-order valence-corrected chi connectivity index (χ2v) is 45.9. The summed E-state index contributed by atoms with van der Waals surface area (Å²) in [5, 5.41) is 28.5. The lowest BCUT2D eigenvalue weighted by molar-refractivity contribution is 0.286. The average molecular weight is 1660 g/mol. The molecule has 0 saturated heterocycles. The first-order valence-electron chi connectivity index (χ1n) is 44.4. The van der Waals surface area contributed by atoms with Crippen molar-refractivity contribution < 1.29 is 9.47 Å². The summed E-state index contributed by atoms with van der Waals surface area (Å²) in [6, 6.07) is 126. The van der Waals surface area contributed by atoms with E-state index in [0.717, 1.165) is 30.1 Å². The molecule has 5 aliphatic heterocycles. The van der Waals surface area contributed by atoms with E-state index in [2.05, 4.69) is 412 Å². The molecule has 602 valence electrons. The fourth-order valence-corrected chi connectivity index (χ4v) is 28.6. The van der Waals surface area contributed by atoms with Gasteiger partial charge in [-0.05, 0) is 194 Å². The number of pyridine rings is 7. The van der Waals surface area contributed by atoms with Crippen molar-refractivity contribution in [3.8, 4) is 22.8 Å². The van der Waals surface area contributed by atoms with Crippen LogP contribution in [0.15, 0.2) is 346 Å². The summed E-state index contributed by atoms with van der Waals surface area (Å²) < 4.78 is 26.1. The van der Waals surface area contributed by atoms with Crippen LogP contribution in [-0.2, 0) is 38.1 Å². The Labute approximate surface area is 728 Å². The van der Waals surface area contributed by atoms with Crippen LogP contribution in [-0.4, -0.2) is 47.5 Å². The first kappa shape index (κ1) is 72.8. The minimum absolute atomic E-state index is 0.651. The van der Waals surface area contributed by atoms with Crippen molar-refractivity contribution in [3.63, 3.8) is 0 Å². The lowest BCUT2D eigenvalue weighted by Gasteiger charge is -2.30. The monoisotopic (exact) mass is 1650 g/mol. The number of para-hydroxylation sites is 6. The normalized spacial score (nSPS) is 14.2. The Kier molecular flexibility index (Phi) is 15.8. The van der Waals surface area contributed by atoms with Gasteiger partial charge in [0.2, 0.25) is 0 Å². The SMILES string of the molecule is C[Si]1(C)Cc2ccc3c4ccccc4c4cccc1c4n23.C[Si]1(C)Cc2cccc3c4ccccc4c4ccc1n4c23.Cc1cccc(C)c1-c1ccc2c(c1)c1cccc3c1n1c(cnc21)CC3.c1ccc2c(c1)c1cccc3c1n1c(ccc21)CO3.c1ccc2c(c1)c1cccc3c1n1c(ccc21)OC3.c1ccc2c(c1)c1cccc3ccc4ccc2n4c31. The number of hydrogen-bond acceptors (Lipinski definition) is 3. The van der Waals surface area contributed by atoms with Crippen LogP contribution < -0.4 is 20.0 Å². The van der Waals surface area contributed by atoms with E-state index in [9.17, 15) is 0 Å². The molecule has 0 atom stereocenters. The van der Waals surface area contributed by atoms with Gasteiger partial charge in [-0.15, -0.1) is 0 Å². The lowest BCUT2D eigenvalue weighted by Crippen LogP contribution is -2.49. The van der Waals surface area contributed by atoms with E-state index >= 15 is 0 Å². The molecule has 0 bridgehead atoms. The fraction of sp³-hybridized carbons (Fsp3) is 0.104. The van der Waals surface area contributed by atoms with Crippen LogP contribution in [0.1, 0.15) is 44.9 Å². The molecule has 0 amide bonds. The number of benzene rings is 13. The molecule has 13 aromatic heterocycles. The largest absolute Gasteiger partial charge is 0.485 e. The van der Waals surface area contributed by atoms with Crippen molar-refractivity contribution in [2.75, 3.05) is 0 Å². The zero-order valence-electron chi connectivity index (χ0n) is 71.1. The van der Waals surface area contributed by atoms with Gasteiger partial charge < -0.3 is 27.1 Å². The first-order valence-corrected chi connectivity index (χ1v) is 50.8. The Morgan fingerprint density at radius 1 is 0.286 bits per heavy atom. The van der Waals surface area contributed by atoms with Gasteiger partial charge in [0.05, 0.1) is 74.5 Å². The number of nitrogens with zero attached hydrogens (tertiary/aromatic N) is 7. The zero-order chi connectivity index (χ0) is 83.7. The van der Waals surface area contributed by atoms with Crippen molar-refractivity contribution >= 4 is 201 Å². The molecule has 31 rings (SSSR count). The third-order valence-corrected chi connectivity index (χ3v) is 34.6. The summed E-state index contributed by atoms with van der Waals surface area (Å²) in [4.78, 5) is 4.80. The van der Waals surface area contributed by atoms with Gasteiger partial charge in [-0.25, -0.2) is 4.98 Å². The van der Waals surface area contributed by atoms with Crippen LogP contribution in [0.3, 0.4) is 0 Å². The van der Waals surface area contributed by atoms with Crippen LogP contribution in [0.25, 0.3) is 185 Å². The zero-order valence-corrected chi connectivity index (χ0v) is 73.1. The first-order chi connectivity index (χ1) is 61.9. The van der Waals surface area contributed by atoms with Crippen molar-refractivity contribution in [3.05, 3.63) is 391 Å². The minimum atomic E-state index is -1.39. The van der Waals surface area contributed by atoms with Crippen LogP contribution >= 0.6 is 0 Å². The maximum Gasteiger partial charge on any atom is 0.198 e. The average Bonchev–Trinajstić information content (AvgIpc) is 1.45. The molecule has 0 spiro atoms. The smallest absolute Gasteiger partial charge is 0.198 e. The molecule has 9 nitrogen and oxygen atoms in total. The van der Waals surface area contributed by atoms with E-state index in [4.69, 9.17) is 14.5 Å². The predicted octanol–water partition coefficient (Wildman–Crippen LogP) is 27.6. The molecular formula is C115H87N7O2Si2. The standard InChI is InChI=1S/C25H20N2.2C19H17NSi.C18H11N.2C17H11NO/c1-15-5-3-6-16(2)23(15)18-10-12-21-22(13-18)20-8-4-7-17-9-11-19-14-26-25(21)27(19)24(17)20;1-21(2)12-13-6-5-9-16-14-7-3-4-8-15(14)17-10-11-18(21)20(17)19(13)16;1-21(2)12-13-10-11-17-15-7-4-3-6-14(15)16-8-5-9-18(21)19(16)20(13)17;1-2-6-15-14(5-1)16-7-3-4-12-8-9-13-10-11-17(15)19(13)18(12)16;1-2-6-13-12(5-1)14-7-3-4-11-10-19-16-9-8-15(13)18(16)17(11)14;1-2-5-13-12(4-1)14-6-3-7-16-17(14)18-11(10-19-16)8-9-15(13)18/h3-8,10,12-14H,9,11H2,1-2H3;2*3-11H,12H2,1-2H3;1-11H;2*1-9H,10H2. The quantitative estimate of drug-likeness (QED) is 0.0935. The number of hydrogen-bond donors (Lipinski definition) is 0. The Bertz CT molecular complexity index is 9000. The molecular weight excluding hydrogens is 1570 g/mol. The number of ether oxygens (including phenoxy) is 2. The van der Waals surface area contributed by atoms with Gasteiger partial charge in [-0.3, -0.25) is 8.80 Å². The van der Waals surface area contributed by atoms with Gasteiger partial charge in [-0.1, -0.05) is 281 Å². The van der Waals surface area contributed by atoms with Crippen molar-refractivity contribution in [2.24, 2.45) is 0 Å². The number of aromatic nitrogens is 7. The molecule has 126 heavy (non-hydrogen) atoms. The van der Waals surface area contributed by atoms with Crippen LogP contribution in [0.5, 0.6) is 11.6 Å². The van der Waals surface area contributed by atoms with Crippen LogP contribution in [0, 0.1) is 13.8 Å². The van der Waals surface area contributed by atoms with Gasteiger partial charge in [0.1, 0.15) is 32.7 Å². The fourth-order valence-electron chi connectivity index (χ4n) is 23.0. The molecule has 18 heterocycles. The summed E-state index contributed by atoms with van der Waals surface area (Å²) in [6.07, 6.45) is 4.23. The highest BCUT2D eigenvalue weighted by Crippen LogP contribution is 2.45. The molecule has 0 aliphatic carbocycles. The molecule has 5 aliphatic rings. The Morgan fingerprint density at radius 2 is 0.762 bits per heavy atom. The van der Waals surface area contributed by atoms with Gasteiger partial charge in [0.25, 0.3) is 0 Å². The third-order valence-electron chi connectivity index (χ3n) is 28.5. The van der Waals surface area contributed by atoms with Crippen molar-refractivity contribution in [2.45, 2.75) is 78.2 Å². The van der Waals surface area contributed by atoms with Gasteiger partial charge in [0, 0.05) is 105 Å². The summed E-state index contributed by atoms with van der Waals surface area (Å²) in [6.45, 7) is 15.7. The third kappa shape index (κ3) is 10.6. The Hall–Kier alpha value is -14.8. The van der Waals surface area contributed by atoms with Gasteiger partial charge in [0.15, 0.2) is 5.88 Å². The number of fused-ring (bicyclic) bond motifs is 18. The molecule has 0 saturated carbocycles. The van der Waals surface area contributed by atoms with Crippen molar-refractivity contribution in [1.82, 2.24) is 31.4 Å².